The Morgan fingerprint density at radius 1 is 1.02 bits per heavy atom. The van der Waals surface area contributed by atoms with E-state index in [1.807, 2.05) is 35.7 Å². The Labute approximate surface area is 242 Å². The molecule has 216 valence electrons. The van der Waals surface area contributed by atoms with E-state index in [1.54, 1.807) is 20.4 Å². The number of aryl methyl sites for hydroxylation is 1. The topological polar surface area (TPSA) is 89.6 Å². The molecule has 1 aromatic heterocycles. The summed E-state index contributed by atoms with van der Waals surface area (Å²) in [5.74, 6) is 1.22. The minimum absolute atomic E-state index is 0.00701. The molecule has 2 aromatic carbocycles. The van der Waals surface area contributed by atoms with E-state index in [0.29, 0.717) is 35.9 Å². The lowest BCUT2D eigenvalue weighted by atomic mass is 9.84. The molecule has 1 unspecified atom stereocenters. The molecule has 0 spiro atoms. The summed E-state index contributed by atoms with van der Waals surface area (Å²) >= 11 is 1.39. The van der Waals surface area contributed by atoms with Crippen LogP contribution in [0.1, 0.15) is 88.8 Å². The molecular weight excluding hydrogens is 522 g/mol. The summed E-state index contributed by atoms with van der Waals surface area (Å²) in [5, 5.41) is 8.48. The maximum atomic E-state index is 13.6. The summed E-state index contributed by atoms with van der Waals surface area (Å²) in [6, 6.07) is 12.0. The molecule has 0 aliphatic heterocycles. The number of carbonyl (C=O) groups is 2. The Bertz CT molecular complexity index is 1250. The minimum Gasteiger partial charge on any atom is -0.493 e. The van der Waals surface area contributed by atoms with Crippen molar-refractivity contribution in [2.45, 2.75) is 84.0 Å². The quantitative estimate of drug-likeness (QED) is 0.195. The summed E-state index contributed by atoms with van der Waals surface area (Å²) in [6.07, 6.45) is 7.01. The Morgan fingerprint density at radius 3 is 2.48 bits per heavy atom. The molecular formula is C32H43N3O4S. The monoisotopic (exact) mass is 565 g/mol. The van der Waals surface area contributed by atoms with Gasteiger partial charge in [-0.2, -0.15) is 0 Å². The second-order valence-electron chi connectivity index (χ2n) is 11.0. The minimum atomic E-state index is -0.167. The van der Waals surface area contributed by atoms with Crippen LogP contribution in [0.15, 0.2) is 48.0 Å². The van der Waals surface area contributed by atoms with Crippen molar-refractivity contribution in [1.29, 1.82) is 0 Å². The van der Waals surface area contributed by atoms with Gasteiger partial charge in [0.2, 0.25) is 11.8 Å². The number of para-hydroxylation sites is 1. The first-order valence-electron chi connectivity index (χ1n) is 14.0. The Morgan fingerprint density at radius 2 is 1.82 bits per heavy atom. The number of thiazole rings is 1. The summed E-state index contributed by atoms with van der Waals surface area (Å²) in [6.45, 7) is 8.58. The fourth-order valence-corrected chi connectivity index (χ4v) is 5.44. The number of hydrogen-bond acceptors (Lipinski definition) is 6. The normalized spacial score (nSPS) is 12.1. The summed E-state index contributed by atoms with van der Waals surface area (Å²) in [5.41, 5.74) is 3.66. The van der Waals surface area contributed by atoms with Crippen molar-refractivity contribution in [2.75, 3.05) is 24.9 Å². The van der Waals surface area contributed by atoms with Gasteiger partial charge in [0.1, 0.15) is 0 Å². The van der Waals surface area contributed by atoms with Crippen LogP contribution < -0.4 is 20.1 Å². The molecule has 3 aromatic rings. The van der Waals surface area contributed by atoms with Gasteiger partial charge in [-0.25, -0.2) is 4.98 Å². The van der Waals surface area contributed by atoms with Crippen molar-refractivity contribution in [3.63, 3.8) is 0 Å². The number of anilines is 2. The van der Waals surface area contributed by atoms with Crippen molar-refractivity contribution in [1.82, 2.24) is 4.98 Å². The van der Waals surface area contributed by atoms with Crippen LogP contribution in [0.2, 0.25) is 0 Å². The highest BCUT2D eigenvalue weighted by molar-refractivity contribution is 7.13. The fraction of sp³-hybridized carbons (Fsp3) is 0.469. The molecule has 2 N–H and O–H groups in total. The van der Waals surface area contributed by atoms with Crippen LogP contribution in [0.4, 0.5) is 10.8 Å². The molecule has 2 amide bonds. The molecule has 0 aliphatic carbocycles. The average Bonchev–Trinajstić information content (AvgIpc) is 3.43. The maximum absolute atomic E-state index is 13.6. The molecule has 40 heavy (non-hydrogen) atoms. The van der Waals surface area contributed by atoms with Crippen molar-refractivity contribution >= 4 is 34.0 Å². The number of aromatic nitrogens is 1. The van der Waals surface area contributed by atoms with Gasteiger partial charge in [-0.05, 0) is 47.4 Å². The maximum Gasteiger partial charge on any atom is 0.226 e. The molecule has 1 atom stereocenters. The lowest BCUT2D eigenvalue weighted by molar-refractivity contribution is -0.117. The molecule has 0 saturated carbocycles. The number of nitrogens with zero attached hydrogens (tertiary/aromatic N) is 1. The third kappa shape index (κ3) is 8.81. The summed E-state index contributed by atoms with van der Waals surface area (Å²) in [7, 11) is 3.27. The lowest BCUT2D eigenvalue weighted by Crippen LogP contribution is -2.21. The second kappa shape index (κ2) is 14.8. The first kappa shape index (κ1) is 31.1. The number of ether oxygens (including phenoxy) is 2. The molecule has 0 bridgehead atoms. The van der Waals surface area contributed by atoms with Gasteiger partial charge in [-0.3, -0.25) is 9.59 Å². The van der Waals surface area contributed by atoms with Crippen LogP contribution in [0.25, 0.3) is 0 Å². The number of nitrogens with one attached hydrogen (secondary N) is 2. The van der Waals surface area contributed by atoms with Gasteiger partial charge in [-0.1, -0.05) is 71.2 Å². The van der Waals surface area contributed by atoms with Crippen molar-refractivity contribution in [2.24, 2.45) is 0 Å². The zero-order valence-electron chi connectivity index (χ0n) is 24.6. The largest absolute Gasteiger partial charge is 0.493 e. The van der Waals surface area contributed by atoms with Crippen LogP contribution in [0.3, 0.4) is 0 Å². The molecule has 7 nitrogen and oxygen atoms in total. The second-order valence-corrected chi connectivity index (χ2v) is 11.9. The van der Waals surface area contributed by atoms with E-state index in [0.717, 1.165) is 48.1 Å². The van der Waals surface area contributed by atoms with Gasteiger partial charge in [0.05, 0.1) is 14.2 Å². The van der Waals surface area contributed by atoms with E-state index in [9.17, 15) is 9.59 Å². The number of rotatable bonds is 14. The van der Waals surface area contributed by atoms with E-state index < -0.39 is 0 Å². The van der Waals surface area contributed by atoms with Crippen LogP contribution in [0, 0.1) is 0 Å². The van der Waals surface area contributed by atoms with Gasteiger partial charge in [0.25, 0.3) is 0 Å². The smallest absolute Gasteiger partial charge is 0.226 e. The first-order chi connectivity index (χ1) is 19.2. The van der Waals surface area contributed by atoms with Crippen LogP contribution in [0.5, 0.6) is 11.5 Å². The van der Waals surface area contributed by atoms with Gasteiger partial charge in [-0.15, -0.1) is 11.3 Å². The van der Waals surface area contributed by atoms with E-state index in [4.69, 9.17) is 9.47 Å². The third-order valence-electron chi connectivity index (χ3n) is 6.95. The molecule has 0 fully saturated rings. The highest BCUT2D eigenvalue weighted by atomic mass is 32.1. The lowest BCUT2D eigenvalue weighted by Gasteiger charge is -2.25. The summed E-state index contributed by atoms with van der Waals surface area (Å²) < 4.78 is 11.3. The number of unbranched alkanes of at least 4 members (excludes halogenated alkanes) is 2. The Balaban J connectivity index is 1.79. The van der Waals surface area contributed by atoms with Gasteiger partial charge in [0, 0.05) is 35.7 Å². The fourth-order valence-electron chi connectivity index (χ4n) is 4.90. The van der Waals surface area contributed by atoms with Crippen LogP contribution >= 0.6 is 11.3 Å². The van der Waals surface area contributed by atoms with Gasteiger partial charge >= 0.3 is 0 Å². The van der Waals surface area contributed by atoms with Gasteiger partial charge < -0.3 is 20.1 Å². The summed E-state index contributed by atoms with van der Waals surface area (Å²) in [4.78, 5) is 30.1. The van der Waals surface area contributed by atoms with E-state index in [2.05, 4.69) is 49.4 Å². The number of amides is 2. The molecule has 0 saturated heterocycles. The molecule has 1 heterocycles. The number of methoxy groups -OCH3 is 2. The zero-order chi connectivity index (χ0) is 29.1. The molecule has 0 aliphatic rings. The predicted octanol–water partition coefficient (Wildman–Crippen LogP) is 7.72. The SMILES string of the molecule is CCCCCC(CC(=O)Nc1cc(CCC(=O)Nc2nccs2)ccc1C(C)(C)C)c1cccc(OC)c1OC. The van der Waals surface area contributed by atoms with Crippen molar-refractivity contribution in [3.8, 4) is 11.5 Å². The van der Waals surface area contributed by atoms with E-state index in [-0.39, 0.29) is 23.1 Å². The van der Waals surface area contributed by atoms with E-state index in [1.165, 1.54) is 11.3 Å². The van der Waals surface area contributed by atoms with E-state index >= 15 is 0 Å². The number of carbonyl (C=O) groups excluding carboxylic acids is 2. The molecule has 3 rings (SSSR count). The predicted molar refractivity (Wildman–Crippen MR) is 164 cm³/mol. The van der Waals surface area contributed by atoms with Crippen molar-refractivity contribution < 1.29 is 19.1 Å². The van der Waals surface area contributed by atoms with Crippen LogP contribution in [-0.2, 0) is 21.4 Å². The Kier molecular flexibility index (Phi) is 11.6. The Hall–Kier alpha value is -3.39. The number of benzene rings is 2. The highest BCUT2D eigenvalue weighted by Gasteiger charge is 2.24. The number of hydrogen-bond donors (Lipinski definition) is 2. The average molecular weight is 566 g/mol. The molecule has 8 heteroatoms. The van der Waals surface area contributed by atoms with Crippen LogP contribution in [-0.4, -0.2) is 31.0 Å². The van der Waals surface area contributed by atoms with Crippen molar-refractivity contribution in [3.05, 3.63) is 64.7 Å². The zero-order valence-corrected chi connectivity index (χ0v) is 25.5. The van der Waals surface area contributed by atoms with Gasteiger partial charge in [0.15, 0.2) is 16.6 Å². The highest BCUT2D eigenvalue weighted by Crippen LogP contribution is 2.39. The standard InChI is InChI=1S/C32H43N3O4S/c1-7-8-9-11-23(24-12-10-13-27(38-5)30(24)39-6)21-29(37)34-26-20-22(14-16-25(26)32(2,3)4)15-17-28(36)35-31-33-18-19-40-31/h10,12-14,16,18-20,23H,7-9,11,15,17,21H2,1-6H3,(H,34,37)(H,33,35,36). The first-order valence-corrected chi connectivity index (χ1v) is 14.9. The third-order valence-corrected chi connectivity index (χ3v) is 7.64. The molecule has 0 radical (unpaired) electrons.